The largest absolute Gasteiger partial charge is 0.383 e. The lowest BCUT2D eigenvalue weighted by Crippen LogP contribution is -2.45. The van der Waals surface area contributed by atoms with Gasteiger partial charge in [0.1, 0.15) is 0 Å². The summed E-state index contributed by atoms with van der Waals surface area (Å²) < 4.78 is 5.18. The Morgan fingerprint density at radius 2 is 1.81 bits per heavy atom. The maximum atomic E-state index is 6.05. The first-order valence-corrected chi connectivity index (χ1v) is 6.10. The number of ether oxygens (including phenoxy) is 1. The molecule has 0 spiro atoms. The zero-order valence-electron chi connectivity index (χ0n) is 8.82. The molecular formula is C11H12Cl3NO. The summed E-state index contributed by atoms with van der Waals surface area (Å²) in [5.74, 6) is 0. The third-order valence-electron chi connectivity index (χ3n) is 2.62. The van der Waals surface area contributed by atoms with Gasteiger partial charge < -0.3 is 10.1 Å². The van der Waals surface area contributed by atoms with Crippen LogP contribution in [0.15, 0.2) is 12.1 Å². The Labute approximate surface area is 110 Å². The molecule has 1 aromatic carbocycles. The van der Waals surface area contributed by atoms with Crippen LogP contribution in [0.4, 0.5) is 5.69 Å². The zero-order chi connectivity index (χ0) is 11.8. The van der Waals surface area contributed by atoms with E-state index in [4.69, 9.17) is 39.5 Å². The van der Waals surface area contributed by atoms with Crippen molar-refractivity contribution in [1.29, 1.82) is 0 Å². The minimum atomic E-state index is 0.190. The zero-order valence-corrected chi connectivity index (χ0v) is 11.1. The Balaban J connectivity index is 2.06. The van der Waals surface area contributed by atoms with Crippen molar-refractivity contribution >= 4 is 40.5 Å². The predicted molar refractivity (Wildman–Crippen MR) is 68.9 cm³/mol. The van der Waals surface area contributed by atoms with Gasteiger partial charge in [0.15, 0.2) is 0 Å². The van der Waals surface area contributed by atoms with E-state index in [0.29, 0.717) is 15.1 Å². The van der Waals surface area contributed by atoms with Crippen LogP contribution in [0.5, 0.6) is 0 Å². The summed E-state index contributed by atoms with van der Waals surface area (Å²) in [6.07, 6.45) is 0. The van der Waals surface area contributed by atoms with Crippen molar-refractivity contribution in [2.75, 3.05) is 25.1 Å². The number of rotatable bonds is 3. The van der Waals surface area contributed by atoms with Gasteiger partial charge in [-0.25, -0.2) is 0 Å². The van der Waals surface area contributed by atoms with Gasteiger partial charge in [0.05, 0.1) is 34.0 Å². The summed E-state index contributed by atoms with van der Waals surface area (Å²) in [6, 6.07) is 3.39. The molecule has 88 valence electrons. The van der Waals surface area contributed by atoms with Gasteiger partial charge in [-0.05, 0) is 12.1 Å². The van der Waals surface area contributed by atoms with Crippen LogP contribution in [0, 0.1) is 5.41 Å². The lowest BCUT2D eigenvalue weighted by atomic mass is 9.89. The highest BCUT2D eigenvalue weighted by Gasteiger charge is 2.33. The normalized spacial score (nSPS) is 18.0. The van der Waals surface area contributed by atoms with Gasteiger partial charge in [-0.2, -0.15) is 0 Å². The molecule has 0 unspecified atom stereocenters. The number of nitrogens with one attached hydrogen (secondary N) is 1. The minimum Gasteiger partial charge on any atom is -0.383 e. The molecule has 0 aromatic heterocycles. The SMILES string of the molecule is CC1(CNc2cc(Cl)c(Cl)cc2Cl)COC1. The number of benzene rings is 1. The summed E-state index contributed by atoms with van der Waals surface area (Å²) >= 11 is 17.8. The van der Waals surface area contributed by atoms with E-state index < -0.39 is 0 Å². The number of anilines is 1. The van der Waals surface area contributed by atoms with Crippen LogP contribution >= 0.6 is 34.8 Å². The van der Waals surface area contributed by atoms with Crippen LogP contribution in [0.3, 0.4) is 0 Å². The smallest absolute Gasteiger partial charge is 0.0653 e. The van der Waals surface area contributed by atoms with Crippen LogP contribution < -0.4 is 5.32 Å². The molecule has 1 saturated heterocycles. The average molecular weight is 281 g/mol. The molecule has 2 rings (SSSR count). The summed E-state index contributed by atoms with van der Waals surface area (Å²) in [5, 5.41) is 4.82. The van der Waals surface area contributed by atoms with Crippen LogP contribution in [0.2, 0.25) is 15.1 Å². The molecule has 0 saturated carbocycles. The first-order chi connectivity index (χ1) is 7.50. The second-order valence-electron chi connectivity index (χ2n) is 4.40. The monoisotopic (exact) mass is 279 g/mol. The van der Waals surface area contributed by atoms with Crippen LogP contribution in [-0.2, 0) is 4.74 Å². The van der Waals surface area contributed by atoms with Crippen molar-refractivity contribution in [2.45, 2.75) is 6.92 Å². The molecule has 1 aromatic rings. The molecule has 0 radical (unpaired) electrons. The van der Waals surface area contributed by atoms with E-state index in [1.165, 1.54) is 0 Å². The average Bonchev–Trinajstić information content (AvgIpc) is 2.19. The number of halogens is 3. The molecule has 1 aliphatic heterocycles. The Morgan fingerprint density at radius 1 is 1.19 bits per heavy atom. The highest BCUT2D eigenvalue weighted by atomic mass is 35.5. The topological polar surface area (TPSA) is 21.3 Å². The highest BCUT2D eigenvalue weighted by Crippen LogP contribution is 2.34. The Bertz CT molecular complexity index is 404. The van der Waals surface area contributed by atoms with Crippen LogP contribution in [-0.4, -0.2) is 19.8 Å². The Morgan fingerprint density at radius 3 is 2.38 bits per heavy atom. The molecule has 1 heterocycles. The van der Waals surface area contributed by atoms with Crippen LogP contribution in [0.25, 0.3) is 0 Å². The van der Waals surface area contributed by atoms with Gasteiger partial charge in [0, 0.05) is 12.0 Å². The third kappa shape index (κ3) is 2.57. The summed E-state index contributed by atoms with van der Waals surface area (Å²) in [5.41, 5.74) is 0.999. The quantitative estimate of drug-likeness (QED) is 0.842. The summed E-state index contributed by atoms with van der Waals surface area (Å²) in [7, 11) is 0. The molecule has 1 aliphatic rings. The summed E-state index contributed by atoms with van der Waals surface area (Å²) in [4.78, 5) is 0. The molecule has 1 N–H and O–H groups in total. The second kappa shape index (κ2) is 4.61. The van der Waals surface area contributed by atoms with E-state index in [9.17, 15) is 0 Å². The lowest BCUT2D eigenvalue weighted by molar-refractivity contribution is -0.0924. The molecule has 0 atom stereocenters. The standard InChI is InChI=1S/C11H12Cl3NO/c1-11(5-16-6-11)4-15-10-3-8(13)7(12)2-9(10)14/h2-3,15H,4-6H2,1H3. The molecule has 0 bridgehead atoms. The fraction of sp³-hybridized carbons (Fsp3) is 0.455. The minimum absolute atomic E-state index is 0.190. The van der Waals surface area contributed by atoms with Gasteiger partial charge in [-0.15, -0.1) is 0 Å². The molecule has 16 heavy (non-hydrogen) atoms. The van der Waals surface area contributed by atoms with Gasteiger partial charge in [0.25, 0.3) is 0 Å². The maximum absolute atomic E-state index is 6.05. The van der Waals surface area contributed by atoms with E-state index in [1.807, 2.05) is 0 Å². The second-order valence-corrected chi connectivity index (χ2v) is 5.62. The van der Waals surface area contributed by atoms with E-state index in [2.05, 4.69) is 12.2 Å². The Hall–Kier alpha value is -0.150. The van der Waals surface area contributed by atoms with Gasteiger partial charge in [-0.3, -0.25) is 0 Å². The molecule has 0 amide bonds. The van der Waals surface area contributed by atoms with Crippen LogP contribution in [0.1, 0.15) is 6.92 Å². The van der Waals surface area contributed by atoms with Crippen molar-refractivity contribution in [1.82, 2.24) is 0 Å². The van der Waals surface area contributed by atoms with Crippen molar-refractivity contribution in [3.63, 3.8) is 0 Å². The van der Waals surface area contributed by atoms with Crippen molar-refractivity contribution in [2.24, 2.45) is 5.41 Å². The van der Waals surface area contributed by atoms with Crippen molar-refractivity contribution in [3.05, 3.63) is 27.2 Å². The molecule has 2 nitrogen and oxygen atoms in total. The molecular weight excluding hydrogens is 268 g/mol. The van der Waals surface area contributed by atoms with Crippen molar-refractivity contribution < 1.29 is 4.74 Å². The van der Waals surface area contributed by atoms with E-state index >= 15 is 0 Å². The molecule has 0 aliphatic carbocycles. The number of hydrogen-bond acceptors (Lipinski definition) is 2. The summed E-state index contributed by atoms with van der Waals surface area (Å²) in [6.45, 7) is 4.53. The lowest BCUT2D eigenvalue weighted by Gasteiger charge is -2.38. The number of hydrogen-bond donors (Lipinski definition) is 1. The van der Waals surface area contributed by atoms with Gasteiger partial charge >= 0.3 is 0 Å². The van der Waals surface area contributed by atoms with Gasteiger partial charge in [0.2, 0.25) is 0 Å². The Kier molecular flexibility index (Phi) is 3.55. The fourth-order valence-corrected chi connectivity index (χ4v) is 2.13. The van der Waals surface area contributed by atoms with Gasteiger partial charge in [-0.1, -0.05) is 41.7 Å². The first-order valence-electron chi connectivity index (χ1n) is 4.96. The molecule has 1 fully saturated rings. The maximum Gasteiger partial charge on any atom is 0.0653 e. The van der Waals surface area contributed by atoms with Crippen molar-refractivity contribution in [3.8, 4) is 0 Å². The third-order valence-corrected chi connectivity index (χ3v) is 3.65. The van der Waals surface area contributed by atoms with E-state index in [0.717, 1.165) is 25.4 Å². The first kappa shape index (κ1) is 12.3. The van der Waals surface area contributed by atoms with E-state index in [1.54, 1.807) is 12.1 Å². The molecule has 5 heteroatoms. The fourth-order valence-electron chi connectivity index (χ4n) is 1.52. The van der Waals surface area contributed by atoms with E-state index in [-0.39, 0.29) is 5.41 Å². The predicted octanol–water partition coefficient (Wildman–Crippen LogP) is 4.10. The highest BCUT2D eigenvalue weighted by molar-refractivity contribution is 6.44.